The molecule has 1 aromatic rings. The van der Waals surface area contributed by atoms with Crippen LogP contribution in [0.2, 0.25) is 0 Å². The zero-order valence-corrected chi connectivity index (χ0v) is 17.3. The molecule has 0 N–H and O–H groups in total. The van der Waals surface area contributed by atoms with E-state index in [1.165, 1.54) is 90.5 Å². The molecular formula is C21H34Cl2N2. The molecule has 142 valence electrons. The third-order valence-electron chi connectivity index (χ3n) is 6.35. The summed E-state index contributed by atoms with van der Waals surface area (Å²) in [6.07, 6.45) is 12.3. The van der Waals surface area contributed by atoms with Crippen LogP contribution in [0.3, 0.4) is 0 Å². The lowest BCUT2D eigenvalue weighted by molar-refractivity contribution is 0.152. The van der Waals surface area contributed by atoms with E-state index < -0.39 is 0 Å². The van der Waals surface area contributed by atoms with Crippen molar-refractivity contribution < 1.29 is 0 Å². The summed E-state index contributed by atoms with van der Waals surface area (Å²) in [6, 6.07) is 2.57. The maximum absolute atomic E-state index is 2.67. The number of hydrogen-bond donors (Lipinski definition) is 0. The van der Waals surface area contributed by atoms with Crippen molar-refractivity contribution in [2.75, 3.05) is 39.8 Å². The Morgan fingerprint density at radius 2 is 1.40 bits per heavy atom. The van der Waals surface area contributed by atoms with E-state index in [2.05, 4.69) is 22.9 Å². The van der Waals surface area contributed by atoms with Gasteiger partial charge in [0.25, 0.3) is 0 Å². The summed E-state index contributed by atoms with van der Waals surface area (Å²) in [5, 5.41) is 0. The third-order valence-corrected chi connectivity index (χ3v) is 6.35. The molecule has 0 saturated carbocycles. The van der Waals surface area contributed by atoms with Crippen LogP contribution in [-0.2, 0) is 32.1 Å². The van der Waals surface area contributed by atoms with Gasteiger partial charge in [0, 0.05) is 26.2 Å². The molecule has 1 saturated heterocycles. The van der Waals surface area contributed by atoms with Gasteiger partial charge in [0.2, 0.25) is 0 Å². The molecular weight excluding hydrogens is 351 g/mol. The van der Waals surface area contributed by atoms with Crippen molar-refractivity contribution in [3.8, 4) is 0 Å². The second kappa shape index (κ2) is 9.60. The minimum atomic E-state index is 0. The zero-order chi connectivity index (χ0) is 15.6. The lowest BCUT2D eigenvalue weighted by Gasteiger charge is -2.32. The Bertz CT molecular complexity index is 533. The number of rotatable bonds is 5. The number of unbranched alkanes of at least 4 members (excludes halogenated alkanes) is 1. The van der Waals surface area contributed by atoms with Crippen molar-refractivity contribution in [3.05, 3.63) is 33.9 Å². The fraction of sp³-hybridized carbons (Fsp3) is 0.714. The average Bonchev–Trinajstić information content (AvgIpc) is 3.20. The van der Waals surface area contributed by atoms with E-state index in [1.54, 1.807) is 27.8 Å². The quantitative estimate of drug-likeness (QED) is 0.705. The number of fused-ring (bicyclic) bond motifs is 2. The van der Waals surface area contributed by atoms with Crippen LogP contribution in [0.25, 0.3) is 0 Å². The van der Waals surface area contributed by atoms with Gasteiger partial charge in [-0.3, -0.25) is 0 Å². The SMILES string of the molecule is CN1CCN(CCCCc2c3c(cc4c2CCC4)CCC3)CC1.Cl.Cl. The molecule has 1 heterocycles. The van der Waals surface area contributed by atoms with Crippen LogP contribution in [0.1, 0.15) is 53.5 Å². The Morgan fingerprint density at radius 1 is 0.800 bits per heavy atom. The van der Waals surface area contributed by atoms with Crippen LogP contribution in [0, 0.1) is 0 Å². The number of hydrogen-bond acceptors (Lipinski definition) is 2. The normalized spacial score (nSPS) is 19.9. The van der Waals surface area contributed by atoms with Crippen molar-refractivity contribution in [1.82, 2.24) is 9.80 Å². The molecule has 1 aromatic carbocycles. The van der Waals surface area contributed by atoms with Gasteiger partial charge in [-0.15, -0.1) is 24.8 Å². The van der Waals surface area contributed by atoms with Gasteiger partial charge >= 0.3 is 0 Å². The van der Waals surface area contributed by atoms with Crippen molar-refractivity contribution in [3.63, 3.8) is 0 Å². The number of halogens is 2. The lowest BCUT2D eigenvalue weighted by atomic mass is 9.91. The first-order valence-electron chi connectivity index (χ1n) is 9.87. The Morgan fingerprint density at radius 3 is 2.00 bits per heavy atom. The minimum Gasteiger partial charge on any atom is -0.304 e. The number of benzene rings is 1. The zero-order valence-electron chi connectivity index (χ0n) is 15.7. The number of nitrogens with zero attached hydrogens (tertiary/aromatic N) is 2. The summed E-state index contributed by atoms with van der Waals surface area (Å²) in [4.78, 5) is 5.12. The molecule has 1 fully saturated rings. The largest absolute Gasteiger partial charge is 0.304 e. The van der Waals surface area contributed by atoms with Crippen LogP contribution in [0.4, 0.5) is 0 Å². The molecule has 3 aliphatic rings. The van der Waals surface area contributed by atoms with Gasteiger partial charge in [-0.2, -0.15) is 0 Å². The van der Waals surface area contributed by atoms with Crippen LogP contribution >= 0.6 is 24.8 Å². The molecule has 0 unspecified atom stereocenters. The first-order valence-corrected chi connectivity index (χ1v) is 9.87. The number of likely N-dealkylation sites (N-methyl/N-ethyl adjacent to an activating group) is 1. The second-order valence-electron chi connectivity index (χ2n) is 7.94. The molecule has 1 aliphatic heterocycles. The summed E-state index contributed by atoms with van der Waals surface area (Å²) in [7, 11) is 2.24. The lowest BCUT2D eigenvalue weighted by Crippen LogP contribution is -2.44. The fourth-order valence-electron chi connectivity index (χ4n) is 4.94. The number of piperazine rings is 1. The molecule has 0 bridgehead atoms. The van der Waals surface area contributed by atoms with E-state index in [0.717, 1.165) is 0 Å². The van der Waals surface area contributed by atoms with Crippen LogP contribution in [-0.4, -0.2) is 49.6 Å². The Hall–Kier alpha value is -0.280. The highest BCUT2D eigenvalue weighted by molar-refractivity contribution is 5.85. The van der Waals surface area contributed by atoms with Crippen LogP contribution < -0.4 is 0 Å². The summed E-state index contributed by atoms with van der Waals surface area (Å²) in [5.74, 6) is 0. The molecule has 4 heteroatoms. The van der Waals surface area contributed by atoms with E-state index in [0.29, 0.717) is 0 Å². The predicted octanol–water partition coefficient (Wildman–Crippen LogP) is 4.08. The molecule has 2 aliphatic carbocycles. The van der Waals surface area contributed by atoms with E-state index in [1.807, 2.05) is 0 Å². The van der Waals surface area contributed by atoms with E-state index in [-0.39, 0.29) is 24.8 Å². The van der Waals surface area contributed by atoms with Gasteiger partial charge in [-0.05, 0) is 99.2 Å². The first-order chi connectivity index (χ1) is 11.3. The van der Waals surface area contributed by atoms with Gasteiger partial charge in [0.05, 0.1) is 0 Å². The molecule has 2 nitrogen and oxygen atoms in total. The highest BCUT2D eigenvalue weighted by Gasteiger charge is 2.23. The van der Waals surface area contributed by atoms with Crippen LogP contribution in [0.15, 0.2) is 6.07 Å². The standard InChI is InChI=1S/C21H32N2.2ClH/c1-22-12-14-23(15-13-22)11-3-2-8-21-19-9-4-6-17(19)16-18-7-5-10-20(18)21;;/h16H,2-15H2,1H3;2*1H. The topological polar surface area (TPSA) is 6.48 Å². The third kappa shape index (κ3) is 4.71. The molecule has 0 spiro atoms. The monoisotopic (exact) mass is 384 g/mol. The smallest absolute Gasteiger partial charge is 0.0110 e. The Kier molecular flexibility index (Phi) is 8.07. The maximum Gasteiger partial charge on any atom is 0.0110 e. The predicted molar refractivity (Wildman–Crippen MR) is 112 cm³/mol. The summed E-state index contributed by atoms with van der Waals surface area (Å²) >= 11 is 0. The molecule has 0 aromatic heterocycles. The molecule has 0 amide bonds. The molecule has 25 heavy (non-hydrogen) atoms. The van der Waals surface area contributed by atoms with Crippen molar-refractivity contribution in [2.45, 2.75) is 57.8 Å². The van der Waals surface area contributed by atoms with E-state index in [9.17, 15) is 0 Å². The Labute approximate surface area is 166 Å². The maximum atomic E-state index is 2.67. The Balaban J connectivity index is 0.00000113. The second-order valence-corrected chi connectivity index (χ2v) is 7.94. The summed E-state index contributed by atoms with van der Waals surface area (Å²) < 4.78 is 0. The first kappa shape index (κ1) is 21.0. The van der Waals surface area contributed by atoms with Crippen molar-refractivity contribution in [2.24, 2.45) is 0 Å². The average molecular weight is 385 g/mol. The number of aryl methyl sites for hydroxylation is 2. The highest BCUT2D eigenvalue weighted by Crippen LogP contribution is 2.35. The van der Waals surface area contributed by atoms with Gasteiger partial charge in [-0.1, -0.05) is 6.07 Å². The molecule has 0 radical (unpaired) electrons. The van der Waals surface area contributed by atoms with E-state index in [4.69, 9.17) is 0 Å². The van der Waals surface area contributed by atoms with Gasteiger partial charge in [0.1, 0.15) is 0 Å². The van der Waals surface area contributed by atoms with Gasteiger partial charge in [-0.25, -0.2) is 0 Å². The summed E-state index contributed by atoms with van der Waals surface area (Å²) in [6.45, 7) is 6.35. The molecule has 0 atom stereocenters. The highest BCUT2D eigenvalue weighted by atomic mass is 35.5. The van der Waals surface area contributed by atoms with Crippen molar-refractivity contribution in [1.29, 1.82) is 0 Å². The van der Waals surface area contributed by atoms with Crippen molar-refractivity contribution >= 4 is 24.8 Å². The molecule has 4 rings (SSSR count). The van der Waals surface area contributed by atoms with Gasteiger partial charge in [0.15, 0.2) is 0 Å². The van der Waals surface area contributed by atoms with Crippen LogP contribution in [0.5, 0.6) is 0 Å². The summed E-state index contributed by atoms with van der Waals surface area (Å²) in [5.41, 5.74) is 8.75. The minimum absolute atomic E-state index is 0. The fourth-order valence-corrected chi connectivity index (χ4v) is 4.94. The van der Waals surface area contributed by atoms with E-state index >= 15 is 0 Å². The van der Waals surface area contributed by atoms with Gasteiger partial charge < -0.3 is 9.80 Å².